The fraction of sp³-hybridized carbons (Fsp3) is 0.500. The van der Waals surface area contributed by atoms with Crippen LogP contribution in [0, 0.1) is 0 Å². The molecule has 0 nitrogen and oxygen atoms in total. The molecule has 0 aromatic rings. The molecule has 1 aliphatic heterocycles. The van der Waals surface area contributed by atoms with Crippen molar-refractivity contribution in [1.82, 2.24) is 0 Å². The molecule has 0 aromatic carbocycles. The molecule has 1 rings (SSSR count). The molecule has 0 aromatic heterocycles. The van der Waals surface area contributed by atoms with Crippen LogP contribution in [0.25, 0.3) is 0 Å². The third-order valence-electron chi connectivity index (χ3n) is 0.710. The average molecular weight is 150 g/mol. The van der Waals surface area contributed by atoms with Crippen LogP contribution < -0.4 is 0 Å². The molecule has 3 heteroatoms. The summed E-state index contributed by atoms with van der Waals surface area (Å²) in [7, 11) is 0. The van der Waals surface area contributed by atoms with Gasteiger partial charge in [0.05, 0.1) is 0 Å². The summed E-state index contributed by atoms with van der Waals surface area (Å²) in [5, 5.41) is 1.79. The summed E-state index contributed by atoms with van der Waals surface area (Å²) in [4.78, 5) is 0. The van der Waals surface area contributed by atoms with Crippen LogP contribution in [0.3, 0.4) is 0 Å². The Bertz CT molecular complexity index is 106. The zero-order valence-corrected chi connectivity index (χ0v) is 6.28. The highest BCUT2D eigenvalue weighted by Gasteiger charge is 1.98. The minimum Gasteiger partial charge on any atom is -0.185 e. The maximum atomic E-state index is 4.72. The van der Waals surface area contributed by atoms with Gasteiger partial charge in [-0.1, -0.05) is 12.2 Å². The second-order valence-corrected chi connectivity index (χ2v) is 4.11. The molecule has 0 unspecified atom stereocenters. The quantitative estimate of drug-likeness (QED) is 0.442. The van der Waals surface area contributed by atoms with Gasteiger partial charge in [-0.25, -0.2) is 0 Å². The van der Waals surface area contributed by atoms with E-state index in [2.05, 4.69) is 0 Å². The fourth-order valence-electron chi connectivity index (χ4n) is 0.423. The maximum Gasteiger partial charge on any atom is 0.0389 e. The van der Waals surface area contributed by atoms with Gasteiger partial charge in [0.1, 0.15) is 0 Å². The van der Waals surface area contributed by atoms with Gasteiger partial charge >= 0.3 is 0 Å². The monoisotopic (exact) mass is 150 g/mol. The molecule has 0 aliphatic carbocycles. The molecule has 0 saturated heterocycles. The molecule has 0 fully saturated rings. The van der Waals surface area contributed by atoms with E-state index < -0.39 is 0 Å². The van der Waals surface area contributed by atoms with Gasteiger partial charge in [0.2, 0.25) is 0 Å². The first kappa shape index (κ1) is 5.79. The van der Waals surface area contributed by atoms with Crippen molar-refractivity contribution in [3.05, 3.63) is 0 Å². The Hall–Kier alpha value is 0.660. The zero-order chi connectivity index (χ0) is 5.11. The maximum absolute atomic E-state index is 4.72. The standard InChI is InChI=1S/C4H6S3/c5-3-4-6-1-2-7-4/h3,6H,1-2H2. The molecular formula is C4H6S3. The lowest BCUT2D eigenvalue weighted by molar-refractivity contribution is 1.59. The normalized spacial score (nSPS) is 20.3. The van der Waals surface area contributed by atoms with E-state index in [4.69, 9.17) is 12.2 Å². The van der Waals surface area contributed by atoms with E-state index in [0.717, 1.165) is 0 Å². The van der Waals surface area contributed by atoms with Gasteiger partial charge < -0.3 is 0 Å². The predicted molar refractivity (Wildman–Crippen MR) is 45.0 cm³/mol. The van der Waals surface area contributed by atoms with Crippen LogP contribution in [0.1, 0.15) is 0 Å². The van der Waals surface area contributed by atoms with Crippen molar-refractivity contribution in [2.75, 3.05) is 11.5 Å². The Kier molecular flexibility index (Phi) is 2.35. The van der Waals surface area contributed by atoms with E-state index in [1.165, 1.54) is 27.1 Å². The Labute approximate surface area is 56.6 Å². The summed E-state index contributed by atoms with van der Waals surface area (Å²) >= 11 is 8.05. The van der Waals surface area contributed by atoms with Crippen LogP contribution in [0.4, 0.5) is 0 Å². The Morgan fingerprint density at radius 1 is 1.86 bits per heavy atom. The molecule has 0 atom stereocenters. The Balaban J connectivity index is 2.51. The number of thiol groups is 1. The second kappa shape index (κ2) is 2.84. The highest BCUT2D eigenvalue weighted by atomic mass is 32.2. The van der Waals surface area contributed by atoms with Gasteiger partial charge in [0, 0.05) is 15.3 Å². The first-order valence-corrected chi connectivity index (χ1v) is 4.59. The molecule has 7 heavy (non-hydrogen) atoms. The van der Waals surface area contributed by atoms with Gasteiger partial charge in [-0.3, -0.25) is 0 Å². The fourth-order valence-corrected chi connectivity index (χ4v) is 3.07. The zero-order valence-electron chi connectivity index (χ0n) is 3.76. The van der Waals surface area contributed by atoms with Crippen LogP contribution in [-0.4, -0.2) is 21.1 Å². The topological polar surface area (TPSA) is 0 Å². The van der Waals surface area contributed by atoms with E-state index in [9.17, 15) is 0 Å². The largest absolute Gasteiger partial charge is 0.185 e. The SMILES string of the molecule is S=CC1=[SH]CCS1. The van der Waals surface area contributed by atoms with Gasteiger partial charge in [-0.2, -0.15) is 11.4 Å². The number of hydrogen-bond donors (Lipinski definition) is 1. The summed E-state index contributed by atoms with van der Waals surface area (Å²) in [6, 6.07) is 0. The van der Waals surface area contributed by atoms with E-state index in [1.54, 1.807) is 5.37 Å². The number of rotatable bonds is 1. The lowest BCUT2D eigenvalue weighted by Crippen LogP contribution is -1.80. The van der Waals surface area contributed by atoms with Crippen molar-refractivity contribution in [2.45, 2.75) is 0 Å². The highest BCUT2D eigenvalue weighted by molar-refractivity contribution is 8.32. The van der Waals surface area contributed by atoms with Crippen LogP contribution in [-0.2, 0) is 0 Å². The molecule has 1 aliphatic rings. The van der Waals surface area contributed by atoms with Gasteiger partial charge in [-0.15, -0.1) is 11.8 Å². The smallest absolute Gasteiger partial charge is 0.0389 e. The highest BCUT2D eigenvalue weighted by Crippen LogP contribution is 2.15. The predicted octanol–water partition coefficient (Wildman–Crippen LogP) is 1.33. The summed E-state index contributed by atoms with van der Waals surface area (Å²) in [5.74, 6) is 2.57. The molecule has 0 N–H and O–H groups in total. The number of thiocarbonyl (C=S) groups is 1. The Morgan fingerprint density at radius 2 is 2.71 bits per heavy atom. The lowest BCUT2D eigenvalue weighted by atomic mass is 11.0. The van der Waals surface area contributed by atoms with E-state index in [1.807, 2.05) is 11.8 Å². The lowest BCUT2D eigenvalue weighted by Gasteiger charge is -1.81. The van der Waals surface area contributed by atoms with Crippen molar-refractivity contribution in [1.29, 1.82) is 0 Å². The van der Waals surface area contributed by atoms with Crippen molar-refractivity contribution in [2.24, 2.45) is 0 Å². The third kappa shape index (κ3) is 1.55. The third-order valence-corrected chi connectivity index (χ3v) is 4.06. The second-order valence-electron chi connectivity index (χ2n) is 1.19. The molecular weight excluding hydrogens is 144 g/mol. The molecule has 0 radical (unpaired) electrons. The first-order chi connectivity index (χ1) is 3.43. The average Bonchev–Trinajstić information content (AvgIpc) is 2.14. The van der Waals surface area contributed by atoms with Crippen LogP contribution in [0.2, 0.25) is 0 Å². The van der Waals surface area contributed by atoms with E-state index >= 15 is 0 Å². The van der Waals surface area contributed by atoms with Gasteiger partial charge in [0.15, 0.2) is 0 Å². The van der Waals surface area contributed by atoms with Crippen molar-refractivity contribution in [3.63, 3.8) is 0 Å². The minimum absolute atomic E-state index is 1.27. The molecule has 0 spiro atoms. The van der Waals surface area contributed by atoms with Crippen molar-refractivity contribution >= 4 is 44.9 Å². The Morgan fingerprint density at radius 3 is 3.00 bits per heavy atom. The molecule has 0 saturated carbocycles. The van der Waals surface area contributed by atoms with Crippen LogP contribution in [0.5, 0.6) is 0 Å². The first-order valence-electron chi connectivity index (χ1n) is 2.06. The van der Waals surface area contributed by atoms with Crippen molar-refractivity contribution < 1.29 is 0 Å². The van der Waals surface area contributed by atoms with Crippen LogP contribution >= 0.6 is 35.3 Å². The molecule has 0 amide bonds. The summed E-state index contributed by atoms with van der Waals surface area (Å²) in [6.07, 6.45) is 0. The van der Waals surface area contributed by atoms with E-state index in [-0.39, 0.29) is 0 Å². The minimum atomic E-state index is 1.27. The van der Waals surface area contributed by atoms with Gasteiger partial charge in [-0.05, 0) is 5.75 Å². The summed E-state index contributed by atoms with van der Waals surface area (Å²) in [5.41, 5.74) is 0. The van der Waals surface area contributed by atoms with Gasteiger partial charge in [0.25, 0.3) is 0 Å². The number of hydrogen-bond acceptors (Lipinski definition) is 2. The van der Waals surface area contributed by atoms with Crippen LogP contribution in [0.15, 0.2) is 0 Å². The molecule has 40 valence electrons. The molecule has 0 bridgehead atoms. The van der Waals surface area contributed by atoms with E-state index in [0.29, 0.717) is 0 Å². The summed E-state index contributed by atoms with van der Waals surface area (Å²) < 4.78 is 1.37. The number of thioether (sulfide) groups is 1. The van der Waals surface area contributed by atoms with Crippen molar-refractivity contribution in [3.8, 4) is 0 Å². The molecule has 1 heterocycles. The summed E-state index contributed by atoms with van der Waals surface area (Å²) in [6.45, 7) is 0.